The zero-order valence-electron chi connectivity index (χ0n) is 18.0. The summed E-state index contributed by atoms with van der Waals surface area (Å²) in [6.07, 6.45) is 8.82. The Bertz CT molecular complexity index is 1680. The molecule has 0 aliphatic heterocycles. The molecule has 7 aromatic rings. The minimum absolute atomic E-state index is 0.494. The first-order chi connectivity index (χ1) is 16.8. The van der Waals surface area contributed by atoms with Gasteiger partial charge in [0.2, 0.25) is 0 Å². The lowest BCUT2D eigenvalue weighted by atomic mass is 10.2. The first kappa shape index (κ1) is 19.2. The van der Waals surface area contributed by atoms with Crippen molar-refractivity contribution in [1.29, 1.82) is 0 Å². The number of aromatic nitrogens is 5. The van der Waals surface area contributed by atoms with Gasteiger partial charge in [0.05, 0.1) is 34.5 Å². The van der Waals surface area contributed by atoms with Crippen LogP contribution in [0.25, 0.3) is 43.6 Å². The number of para-hydroxylation sites is 2. The van der Waals surface area contributed by atoms with Gasteiger partial charge in [0.15, 0.2) is 0 Å². The largest absolute Gasteiger partial charge is 0.319 e. The second-order valence-electron chi connectivity index (χ2n) is 8.18. The van der Waals surface area contributed by atoms with Gasteiger partial charge in [-0.15, -0.1) is 0 Å². The van der Waals surface area contributed by atoms with E-state index in [1.54, 1.807) is 31.0 Å². The van der Waals surface area contributed by atoms with Gasteiger partial charge in [-0.05, 0) is 36.4 Å². The van der Waals surface area contributed by atoms with Crippen LogP contribution >= 0.6 is 7.44 Å². The molecule has 0 aliphatic carbocycles. The van der Waals surface area contributed by atoms with E-state index in [1.807, 2.05) is 75.4 Å². The van der Waals surface area contributed by atoms with Crippen LogP contribution in [0.4, 0.5) is 0 Å². The van der Waals surface area contributed by atoms with Gasteiger partial charge in [0.1, 0.15) is 5.44 Å². The Balaban J connectivity index is 1.76. The molecule has 0 atom stereocenters. The fraction of sp³-hybridized carbons (Fsp3) is 0. The fourth-order valence-corrected chi connectivity index (χ4v) is 7.92. The van der Waals surface area contributed by atoms with E-state index in [-0.39, 0.29) is 0 Å². The Hall–Kier alpha value is -4.28. The molecule has 0 radical (unpaired) electrons. The van der Waals surface area contributed by atoms with Gasteiger partial charge in [-0.1, -0.05) is 42.5 Å². The molecule has 7 heteroatoms. The summed E-state index contributed by atoms with van der Waals surface area (Å²) >= 11 is 0. The molecule has 0 saturated heterocycles. The second-order valence-corrected chi connectivity index (χ2v) is 10.5. The average molecular weight is 459 g/mol. The summed E-state index contributed by atoms with van der Waals surface area (Å²) in [6, 6.07) is 25.6. The highest BCUT2D eigenvalue weighted by molar-refractivity contribution is 7.69. The van der Waals surface area contributed by atoms with E-state index >= 15 is 4.57 Å². The van der Waals surface area contributed by atoms with E-state index in [0.29, 0.717) is 5.44 Å². The van der Waals surface area contributed by atoms with Gasteiger partial charge < -0.3 is 0 Å². The molecule has 0 unspecified atom stereocenters. The Morgan fingerprint density at radius 1 is 0.529 bits per heavy atom. The Morgan fingerprint density at radius 2 is 1.03 bits per heavy atom. The third-order valence-corrected chi connectivity index (χ3v) is 9.20. The summed E-state index contributed by atoms with van der Waals surface area (Å²) in [5.74, 6) is 0. The van der Waals surface area contributed by atoms with E-state index in [1.165, 1.54) is 0 Å². The molecule has 2 aromatic carbocycles. The Kier molecular flexibility index (Phi) is 4.02. The second kappa shape index (κ2) is 7.11. The summed E-state index contributed by atoms with van der Waals surface area (Å²) in [4.78, 5) is 13.4. The zero-order chi connectivity index (χ0) is 22.7. The molecule has 0 saturated carbocycles. The maximum atomic E-state index is 15.8. The SMILES string of the molecule is O=P(c1ccccn1)(n1c2ccccc2c2ccncc21)n1c2ccccc2c2ccncc21. The summed E-state index contributed by atoms with van der Waals surface area (Å²) < 4.78 is 19.7. The predicted octanol–water partition coefficient (Wildman–Crippen LogP) is 6.00. The first-order valence-corrected chi connectivity index (χ1v) is 12.6. The van der Waals surface area contributed by atoms with Gasteiger partial charge in [0, 0.05) is 40.1 Å². The van der Waals surface area contributed by atoms with Gasteiger partial charge in [-0.3, -0.25) is 23.2 Å². The van der Waals surface area contributed by atoms with Crippen LogP contribution in [0.3, 0.4) is 0 Å². The molecular formula is C27H18N5OP. The van der Waals surface area contributed by atoms with Crippen LogP contribution in [-0.2, 0) is 4.57 Å². The van der Waals surface area contributed by atoms with E-state index in [9.17, 15) is 0 Å². The number of hydrogen-bond acceptors (Lipinski definition) is 4. The van der Waals surface area contributed by atoms with Crippen molar-refractivity contribution in [2.75, 3.05) is 0 Å². The number of rotatable bonds is 3. The molecule has 5 heterocycles. The number of hydrogen-bond donors (Lipinski definition) is 0. The number of pyridine rings is 3. The summed E-state index contributed by atoms with van der Waals surface area (Å²) in [6.45, 7) is 0. The molecule has 0 fully saturated rings. The highest BCUT2D eigenvalue weighted by atomic mass is 31.2. The Labute approximate surface area is 194 Å². The fourth-order valence-electron chi connectivity index (χ4n) is 5.00. The molecule has 7 rings (SSSR count). The monoisotopic (exact) mass is 459 g/mol. The molecule has 0 aliphatic rings. The lowest BCUT2D eigenvalue weighted by molar-refractivity contribution is 0.572. The summed E-state index contributed by atoms with van der Waals surface area (Å²) in [5.41, 5.74) is 3.83. The summed E-state index contributed by atoms with van der Waals surface area (Å²) in [7, 11) is -3.62. The molecule has 5 aromatic heterocycles. The molecule has 0 bridgehead atoms. The van der Waals surface area contributed by atoms with Crippen molar-refractivity contribution in [2.24, 2.45) is 0 Å². The van der Waals surface area contributed by atoms with E-state index in [2.05, 4.69) is 27.1 Å². The number of benzene rings is 2. The molecular weight excluding hydrogens is 441 g/mol. The zero-order valence-corrected chi connectivity index (χ0v) is 18.9. The van der Waals surface area contributed by atoms with Crippen LogP contribution < -0.4 is 5.44 Å². The molecule has 162 valence electrons. The first-order valence-electron chi connectivity index (χ1n) is 11.0. The van der Waals surface area contributed by atoms with E-state index in [0.717, 1.165) is 43.6 Å². The van der Waals surface area contributed by atoms with Gasteiger partial charge >= 0.3 is 7.44 Å². The molecule has 0 spiro atoms. The van der Waals surface area contributed by atoms with Crippen molar-refractivity contribution in [3.63, 3.8) is 0 Å². The van der Waals surface area contributed by atoms with Crippen LogP contribution in [0, 0.1) is 0 Å². The van der Waals surface area contributed by atoms with Crippen molar-refractivity contribution in [1.82, 2.24) is 23.6 Å². The van der Waals surface area contributed by atoms with E-state index in [4.69, 9.17) is 0 Å². The standard InChI is InChI=1S/C27H18N5OP/c33-34(27-11-5-6-14-30-27,31-23-9-3-1-7-19(23)21-12-15-28-17-25(21)31)32-24-10-4-2-8-20(24)22-13-16-29-18-26(22)32/h1-18H. The van der Waals surface area contributed by atoms with Gasteiger partial charge in [-0.2, -0.15) is 0 Å². The molecule has 0 amide bonds. The average Bonchev–Trinajstić information content (AvgIpc) is 3.43. The lowest BCUT2D eigenvalue weighted by Crippen LogP contribution is -2.20. The quantitative estimate of drug-likeness (QED) is 0.304. The number of fused-ring (bicyclic) bond motifs is 6. The Morgan fingerprint density at radius 3 is 1.56 bits per heavy atom. The van der Waals surface area contributed by atoms with Crippen LogP contribution in [0.1, 0.15) is 0 Å². The van der Waals surface area contributed by atoms with Gasteiger partial charge in [0.25, 0.3) is 0 Å². The van der Waals surface area contributed by atoms with Crippen LogP contribution in [0.15, 0.2) is 110 Å². The number of nitrogens with zero attached hydrogens (tertiary/aromatic N) is 5. The van der Waals surface area contributed by atoms with Crippen LogP contribution in [-0.4, -0.2) is 23.6 Å². The minimum Gasteiger partial charge on any atom is -0.268 e. The lowest BCUT2D eigenvalue weighted by Gasteiger charge is -2.24. The smallest absolute Gasteiger partial charge is 0.268 e. The molecule has 6 nitrogen and oxygen atoms in total. The van der Waals surface area contributed by atoms with Crippen molar-refractivity contribution in [2.45, 2.75) is 0 Å². The predicted molar refractivity (Wildman–Crippen MR) is 137 cm³/mol. The summed E-state index contributed by atoms with van der Waals surface area (Å²) in [5, 5.41) is 4.05. The van der Waals surface area contributed by atoms with Crippen LogP contribution in [0.5, 0.6) is 0 Å². The molecule has 0 N–H and O–H groups in total. The minimum atomic E-state index is -3.62. The maximum Gasteiger partial charge on any atom is 0.319 e. The van der Waals surface area contributed by atoms with Gasteiger partial charge in [-0.25, -0.2) is 4.98 Å². The molecule has 34 heavy (non-hydrogen) atoms. The van der Waals surface area contributed by atoms with Crippen molar-refractivity contribution in [3.8, 4) is 0 Å². The highest BCUT2D eigenvalue weighted by Crippen LogP contribution is 2.55. The van der Waals surface area contributed by atoms with Crippen molar-refractivity contribution < 1.29 is 4.57 Å². The van der Waals surface area contributed by atoms with Crippen molar-refractivity contribution >= 4 is 56.5 Å². The topological polar surface area (TPSA) is 65.6 Å². The normalized spacial score (nSPS) is 12.2. The van der Waals surface area contributed by atoms with E-state index < -0.39 is 7.44 Å². The van der Waals surface area contributed by atoms with Crippen molar-refractivity contribution in [3.05, 3.63) is 110 Å². The van der Waals surface area contributed by atoms with Crippen LogP contribution in [0.2, 0.25) is 0 Å². The third kappa shape index (κ3) is 2.46. The third-order valence-electron chi connectivity index (χ3n) is 6.39. The maximum absolute atomic E-state index is 15.8. The highest BCUT2D eigenvalue weighted by Gasteiger charge is 2.37.